The van der Waals surface area contributed by atoms with E-state index in [0.29, 0.717) is 24.0 Å². The average molecular weight is 277 g/mol. The van der Waals surface area contributed by atoms with E-state index in [-0.39, 0.29) is 4.90 Å². The lowest BCUT2D eigenvalue weighted by molar-refractivity contribution is 0.579. The molecule has 0 aliphatic carbocycles. The highest BCUT2D eigenvalue weighted by atomic mass is 32.2. The Morgan fingerprint density at radius 3 is 2.82 bits per heavy atom. The number of thioether (sulfide) groups is 1. The van der Waals surface area contributed by atoms with Crippen molar-refractivity contribution in [1.29, 1.82) is 0 Å². The number of hydrogen-bond donors (Lipinski definition) is 3. The Morgan fingerprint density at radius 1 is 1.59 bits per heavy atom. The molecule has 0 aliphatic heterocycles. The number of hydrogen-bond acceptors (Lipinski definition) is 4. The summed E-state index contributed by atoms with van der Waals surface area (Å²) >= 11 is 1.72. The Bertz CT molecular complexity index is 442. The van der Waals surface area contributed by atoms with Crippen molar-refractivity contribution in [2.75, 3.05) is 12.8 Å². The summed E-state index contributed by atoms with van der Waals surface area (Å²) in [4.78, 5) is 3.07. The van der Waals surface area contributed by atoms with Gasteiger partial charge in [0, 0.05) is 30.2 Å². The van der Waals surface area contributed by atoms with Gasteiger partial charge in [0.1, 0.15) is 0 Å². The quantitative estimate of drug-likeness (QED) is 0.691. The molecule has 0 aliphatic rings. The number of H-pyrrole nitrogens is 1. The van der Waals surface area contributed by atoms with Crippen LogP contribution in [-0.4, -0.2) is 31.5 Å². The molecule has 4 N–H and O–H groups in total. The van der Waals surface area contributed by atoms with Crippen LogP contribution in [0.3, 0.4) is 0 Å². The van der Waals surface area contributed by atoms with Crippen LogP contribution in [0.25, 0.3) is 0 Å². The highest BCUT2D eigenvalue weighted by molar-refractivity contribution is 7.99. The Labute approximate surface area is 107 Å². The number of rotatable bonds is 7. The predicted octanol–water partition coefficient (Wildman–Crippen LogP) is 0.893. The maximum Gasteiger partial charge on any atom is 0.242 e. The molecule has 0 amide bonds. The van der Waals surface area contributed by atoms with Crippen LogP contribution in [0.5, 0.6) is 0 Å². The summed E-state index contributed by atoms with van der Waals surface area (Å²) in [5.41, 5.74) is 6.13. The first-order valence-corrected chi connectivity index (χ1v) is 8.16. The number of aromatic amines is 1. The summed E-state index contributed by atoms with van der Waals surface area (Å²) in [7, 11) is -3.40. The fourth-order valence-electron chi connectivity index (χ4n) is 1.29. The van der Waals surface area contributed by atoms with Crippen molar-refractivity contribution >= 4 is 21.8 Å². The molecule has 1 rings (SSSR count). The van der Waals surface area contributed by atoms with Gasteiger partial charge in [0.2, 0.25) is 10.0 Å². The van der Waals surface area contributed by atoms with E-state index in [2.05, 4.69) is 16.6 Å². The zero-order valence-electron chi connectivity index (χ0n) is 10.1. The molecule has 0 aromatic carbocycles. The highest BCUT2D eigenvalue weighted by Crippen LogP contribution is 2.12. The lowest BCUT2D eigenvalue weighted by Gasteiger charge is -2.08. The molecular weight excluding hydrogens is 258 g/mol. The fourth-order valence-corrected chi connectivity index (χ4v) is 2.71. The van der Waals surface area contributed by atoms with E-state index >= 15 is 0 Å². The Balaban J connectivity index is 2.56. The third kappa shape index (κ3) is 4.34. The van der Waals surface area contributed by atoms with E-state index in [9.17, 15) is 8.42 Å². The van der Waals surface area contributed by atoms with Crippen molar-refractivity contribution < 1.29 is 8.42 Å². The summed E-state index contributed by atoms with van der Waals surface area (Å²) in [6, 6.07) is 1.56. The predicted molar refractivity (Wildman–Crippen MR) is 71.5 cm³/mol. The van der Waals surface area contributed by atoms with Crippen molar-refractivity contribution in [3.63, 3.8) is 0 Å². The largest absolute Gasteiger partial charge is 0.363 e. The van der Waals surface area contributed by atoms with Gasteiger partial charge in [-0.1, -0.05) is 6.92 Å². The average Bonchev–Trinajstić information content (AvgIpc) is 2.77. The zero-order chi connectivity index (χ0) is 12.9. The van der Waals surface area contributed by atoms with E-state index < -0.39 is 10.0 Å². The third-order valence-corrected chi connectivity index (χ3v) is 4.97. The highest BCUT2D eigenvalue weighted by Gasteiger charge is 2.15. The maximum absolute atomic E-state index is 11.9. The molecule has 0 saturated carbocycles. The molecule has 0 saturated heterocycles. The van der Waals surface area contributed by atoms with Gasteiger partial charge in [0.25, 0.3) is 0 Å². The molecule has 17 heavy (non-hydrogen) atoms. The summed E-state index contributed by atoms with van der Waals surface area (Å²) < 4.78 is 26.3. The van der Waals surface area contributed by atoms with E-state index in [1.807, 2.05) is 6.26 Å². The van der Waals surface area contributed by atoms with Gasteiger partial charge in [-0.3, -0.25) is 0 Å². The summed E-state index contributed by atoms with van der Waals surface area (Å²) in [5.74, 6) is 0. The Morgan fingerprint density at radius 2 is 2.29 bits per heavy atom. The van der Waals surface area contributed by atoms with Gasteiger partial charge in [-0.15, -0.1) is 0 Å². The van der Waals surface area contributed by atoms with Gasteiger partial charge in [-0.05, 0) is 18.7 Å². The van der Waals surface area contributed by atoms with Crippen LogP contribution in [0.4, 0.5) is 0 Å². The zero-order valence-corrected chi connectivity index (χ0v) is 11.7. The van der Waals surface area contributed by atoms with Crippen molar-refractivity contribution in [3.8, 4) is 0 Å². The monoisotopic (exact) mass is 277 g/mol. The molecule has 1 unspecified atom stereocenters. The second-order valence-electron chi connectivity index (χ2n) is 3.80. The van der Waals surface area contributed by atoms with Crippen LogP contribution in [0.15, 0.2) is 17.2 Å². The van der Waals surface area contributed by atoms with Crippen molar-refractivity contribution in [2.45, 2.75) is 30.0 Å². The van der Waals surface area contributed by atoms with Gasteiger partial charge in [-0.25, -0.2) is 13.1 Å². The molecule has 7 heteroatoms. The minimum Gasteiger partial charge on any atom is -0.363 e. The molecule has 0 fully saturated rings. The van der Waals surface area contributed by atoms with Crippen LogP contribution >= 0.6 is 11.8 Å². The summed E-state index contributed by atoms with van der Waals surface area (Å²) in [6.45, 7) is 2.83. The summed E-state index contributed by atoms with van der Waals surface area (Å²) in [5, 5.41) is 0.448. The fraction of sp³-hybridized carbons (Fsp3) is 0.600. The van der Waals surface area contributed by atoms with Gasteiger partial charge in [0.15, 0.2) is 0 Å². The van der Waals surface area contributed by atoms with E-state index in [1.54, 1.807) is 17.8 Å². The molecule has 5 nitrogen and oxygen atoms in total. The minimum atomic E-state index is -3.40. The Hall–Kier alpha value is -0.500. The van der Waals surface area contributed by atoms with Gasteiger partial charge in [0.05, 0.1) is 4.90 Å². The number of aromatic nitrogens is 1. The third-order valence-electron chi connectivity index (χ3n) is 2.49. The molecule has 0 radical (unpaired) electrons. The van der Waals surface area contributed by atoms with Gasteiger partial charge < -0.3 is 10.7 Å². The minimum absolute atomic E-state index is 0.245. The second kappa shape index (κ2) is 6.44. The number of nitrogens with two attached hydrogens (primary N) is 1. The lowest BCUT2D eigenvalue weighted by atomic mass is 10.3. The normalized spacial score (nSPS) is 13.8. The number of sulfonamides is 1. The lowest BCUT2D eigenvalue weighted by Crippen LogP contribution is -2.26. The van der Waals surface area contributed by atoms with E-state index in [4.69, 9.17) is 5.73 Å². The molecule has 1 heterocycles. The van der Waals surface area contributed by atoms with Crippen LogP contribution < -0.4 is 10.5 Å². The van der Waals surface area contributed by atoms with Crippen molar-refractivity contribution in [1.82, 2.24) is 9.71 Å². The molecule has 0 spiro atoms. The van der Waals surface area contributed by atoms with Crippen LogP contribution in [-0.2, 0) is 16.6 Å². The summed E-state index contributed by atoms with van der Waals surface area (Å²) in [6.07, 6.45) is 4.29. The molecular formula is C10H19N3O2S2. The van der Waals surface area contributed by atoms with Crippen LogP contribution in [0.1, 0.15) is 19.0 Å². The topological polar surface area (TPSA) is 88.0 Å². The molecule has 0 bridgehead atoms. The molecule has 1 atom stereocenters. The second-order valence-corrected chi connectivity index (χ2v) is 6.84. The van der Waals surface area contributed by atoms with Crippen LogP contribution in [0, 0.1) is 0 Å². The van der Waals surface area contributed by atoms with Crippen molar-refractivity contribution in [3.05, 3.63) is 18.0 Å². The first-order valence-electron chi connectivity index (χ1n) is 5.39. The number of nitrogens with one attached hydrogen (secondary N) is 2. The molecule has 98 valence electrons. The van der Waals surface area contributed by atoms with Crippen LogP contribution in [0.2, 0.25) is 0 Å². The standard InChI is InChI=1S/C10H19N3O2S2/c1-8(16-2)3-4-13-17(14,15)10-5-9(6-11)12-7-10/h5,7-8,12-13H,3-4,6,11H2,1-2H3. The molecule has 1 aromatic heterocycles. The first-order chi connectivity index (χ1) is 7.99. The smallest absolute Gasteiger partial charge is 0.242 e. The molecule has 1 aromatic rings. The van der Waals surface area contributed by atoms with Gasteiger partial charge >= 0.3 is 0 Å². The SMILES string of the molecule is CSC(C)CCNS(=O)(=O)c1c[nH]c(CN)c1. The first kappa shape index (κ1) is 14.6. The van der Waals surface area contributed by atoms with Crippen molar-refractivity contribution in [2.24, 2.45) is 5.73 Å². The van der Waals surface area contributed by atoms with E-state index in [1.165, 1.54) is 6.20 Å². The van der Waals surface area contributed by atoms with E-state index in [0.717, 1.165) is 6.42 Å². The Kier molecular flexibility index (Phi) is 5.51. The van der Waals surface area contributed by atoms with Gasteiger partial charge in [-0.2, -0.15) is 11.8 Å². The maximum atomic E-state index is 11.9.